The Morgan fingerprint density at radius 3 is 2.39 bits per heavy atom. The van der Waals surface area contributed by atoms with Gasteiger partial charge in [-0.3, -0.25) is 4.79 Å². The Balaban J connectivity index is 0.000000310. The lowest BCUT2D eigenvalue weighted by molar-refractivity contribution is -0.137. The highest BCUT2D eigenvalue weighted by Crippen LogP contribution is 2.35. The van der Waals surface area contributed by atoms with Crippen molar-refractivity contribution in [2.45, 2.75) is 64.9 Å². The Hall–Kier alpha value is -4.92. The van der Waals surface area contributed by atoms with E-state index in [1.54, 1.807) is 32.9 Å². The zero-order chi connectivity index (χ0) is 34.1. The first-order valence-corrected chi connectivity index (χ1v) is 13.9. The number of aromatic nitrogens is 3. The fourth-order valence-electron chi connectivity index (χ4n) is 4.93. The van der Waals surface area contributed by atoms with Crippen LogP contribution in [0.15, 0.2) is 42.6 Å². The molecule has 4 aromatic rings. The first-order valence-electron chi connectivity index (χ1n) is 13.9. The van der Waals surface area contributed by atoms with Crippen LogP contribution in [-0.2, 0) is 23.9 Å². The number of carboxylic acid groups (broad SMARTS) is 1. The van der Waals surface area contributed by atoms with Crippen LogP contribution in [0.2, 0.25) is 0 Å². The summed E-state index contributed by atoms with van der Waals surface area (Å²) in [5, 5.41) is 16.0. The number of carboxylic acids is 1. The molecule has 2 aromatic carbocycles. The maximum Gasteiger partial charge on any atom is 0.416 e. The van der Waals surface area contributed by atoms with E-state index in [2.05, 4.69) is 15.4 Å². The second-order valence-corrected chi connectivity index (χ2v) is 11.4. The second kappa shape index (κ2) is 12.8. The van der Waals surface area contributed by atoms with Gasteiger partial charge in [-0.25, -0.2) is 27.9 Å². The van der Waals surface area contributed by atoms with Crippen LogP contribution in [0.5, 0.6) is 0 Å². The van der Waals surface area contributed by atoms with Gasteiger partial charge in [0.15, 0.2) is 17.2 Å². The van der Waals surface area contributed by atoms with Gasteiger partial charge in [-0.1, -0.05) is 6.07 Å². The summed E-state index contributed by atoms with van der Waals surface area (Å²) in [5.74, 6) is -3.95. The number of nitrogens with two attached hydrogens (primary N) is 1. The molecule has 2 heterocycles. The summed E-state index contributed by atoms with van der Waals surface area (Å²) in [6, 6.07) is 6.34. The van der Waals surface area contributed by atoms with Crippen molar-refractivity contribution in [3.05, 3.63) is 99.0 Å². The molecule has 2 aromatic heterocycles. The van der Waals surface area contributed by atoms with E-state index in [1.807, 2.05) is 6.92 Å². The van der Waals surface area contributed by atoms with Gasteiger partial charge in [0.2, 0.25) is 0 Å². The van der Waals surface area contributed by atoms with Crippen molar-refractivity contribution in [3.8, 4) is 0 Å². The predicted molar refractivity (Wildman–Crippen MR) is 154 cm³/mol. The van der Waals surface area contributed by atoms with Crippen LogP contribution in [0, 0.1) is 18.6 Å². The molecule has 10 nitrogen and oxygen atoms in total. The van der Waals surface area contributed by atoms with Crippen molar-refractivity contribution in [1.82, 2.24) is 19.9 Å². The van der Waals surface area contributed by atoms with Crippen molar-refractivity contribution < 1.29 is 46.2 Å². The number of nitrogens with zero attached hydrogens (tertiary/aromatic N) is 3. The molecule has 46 heavy (non-hydrogen) atoms. The Kier molecular flexibility index (Phi) is 9.47. The summed E-state index contributed by atoms with van der Waals surface area (Å²) in [4.78, 5) is 40.7. The van der Waals surface area contributed by atoms with Crippen LogP contribution < -0.4 is 11.1 Å². The van der Waals surface area contributed by atoms with Crippen LogP contribution in [0.25, 0.3) is 5.65 Å². The number of amides is 1. The number of carbonyl (C=O) groups excluding carboxylic acids is 2. The number of hydrogen-bond acceptors (Lipinski definition) is 7. The monoisotopic (exact) mass is 647 g/mol. The number of rotatable bonds is 5. The van der Waals surface area contributed by atoms with E-state index in [1.165, 1.54) is 0 Å². The van der Waals surface area contributed by atoms with E-state index in [0.29, 0.717) is 24.5 Å². The normalized spacial score (nSPS) is 14.3. The van der Waals surface area contributed by atoms with E-state index >= 15 is 0 Å². The second-order valence-electron chi connectivity index (χ2n) is 11.4. The topological polar surface area (TPSA) is 149 Å². The molecule has 0 unspecified atom stereocenters. The molecule has 0 spiro atoms. The number of ether oxygens (including phenoxy) is 1. The fraction of sp³-hybridized carbons (Fsp3) is 0.323. The standard InChI is InChI=1S/C23H23FN4O5.C8H7F4N/c1-11-12-7-8-16(14(12)6-5-13(11)22(32)33-23(2,3)4)27-20(29)18-9-17(21(30)31)26-19-15(24)10-25-28(18)19;9-7-2-1-6(8(10,11)12)3-5(7)4-13/h5-6,9-10,16H,7-8H2,1-4H3,(H,27,29)(H,30,31);1-3H,4,13H2/t16-;/m0./s1. The van der Waals surface area contributed by atoms with Gasteiger partial charge in [-0.05, 0) is 81.5 Å². The number of alkyl halides is 3. The molecule has 0 bridgehead atoms. The highest BCUT2D eigenvalue weighted by atomic mass is 19.4. The minimum atomic E-state index is -4.45. The van der Waals surface area contributed by atoms with Gasteiger partial charge in [0, 0.05) is 18.2 Å². The van der Waals surface area contributed by atoms with E-state index in [-0.39, 0.29) is 29.5 Å². The van der Waals surface area contributed by atoms with Crippen molar-refractivity contribution in [2.24, 2.45) is 5.73 Å². The zero-order valence-electron chi connectivity index (χ0n) is 25.1. The first-order chi connectivity index (χ1) is 21.4. The van der Waals surface area contributed by atoms with Crippen molar-refractivity contribution >= 4 is 23.5 Å². The van der Waals surface area contributed by atoms with Crippen LogP contribution in [0.4, 0.5) is 22.0 Å². The number of hydrogen-bond donors (Lipinski definition) is 3. The lowest BCUT2D eigenvalue weighted by Gasteiger charge is -2.21. The van der Waals surface area contributed by atoms with Crippen molar-refractivity contribution in [2.75, 3.05) is 0 Å². The largest absolute Gasteiger partial charge is 0.477 e. The van der Waals surface area contributed by atoms with Gasteiger partial charge in [-0.15, -0.1) is 0 Å². The maximum atomic E-state index is 14.0. The van der Waals surface area contributed by atoms with Crippen LogP contribution in [0.3, 0.4) is 0 Å². The lowest BCUT2D eigenvalue weighted by Crippen LogP contribution is -2.29. The lowest BCUT2D eigenvalue weighted by atomic mass is 9.97. The number of esters is 1. The first kappa shape index (κ1) is 34.0. The molecule has 1 atom stereocenters. The van der Waals surface area contributed by atoms with Crippen molar-refractivity contribution in [1.29, 1.82) is 0 Å². The van der Waals surface area contributed by atoms with Crippen molar-refractivity contribution in [3.63, 3.8) is 0 Å². The smallest absolute Gasteiger partial charge is 0.416 e. The van der Waals surface area contributed by atoms with E-state index < -0.39 is 52.5 Å². The molecular formula is C31H30F5N5O5. The third-order valence-electron chi connectivity index (χ3n) is 7.09. The highest BCUT2D eigenvalue weighted by molar-refractivity contribution is 5.96. The van der Waals surface area contributed by atoms with E-state index in [4.69, 9.17) is 10.5 Å². The SMILES string of the molecule is Cc1c(C(=O)OC(C)(C)C)ccc2c1CC[C@@H]2NC(=O)c1cc(C(=O)O)nc2c(F)cnn12.NCc1cc(C(F)(F)F)ccc1F. The predicted octanol–water partition coefficient (Wildman–Crippen LogP) is 5.55. The molecule has 0 saturated carbocycles. The van der Waals surface area contributed by atoms with E-state index in [0.717, 1.165) is 45.6 Å². The summed E-state index contributed by atoms with van der Waals surface area (Å²) in [7, 11) is 0. The summed E-state index contributed by atoms with van der Waals surface area (Å²) >= 11 is 0. The molecule has 0 radical (unpaired) electrons. The summed E-state index contributed by atoms with van der Waals surface area (Å²) in [6.45, 7) is 7.01. The summed E-state index contributed by atoms with van der Waals surface area (Å²) < 4.78 is 69.4. The fourth-order valence-corrected chi connectivity index (χ4v) is 4.93. The van der Waals surface area contributed by atoms with Gasteiger partial charge in [0.1, 0.15) is 17.1 Å². The molecule has 0 aliphatic heterocycles. The van der Waals surface area contributed by atoms with Gasteiger partial charge in [-0.2, -0.15) is 18.3 Å². The minimum absolute atomic E-state index is 0.130. The number of nitrogens with one attached hydrogen (secondary N) is 1. The Bertz CT molecular complexity index is 1830. The maximum absolute atomic E-state index is 14.0. The minimum Gasteiger partial charge on any atom is -0.477 e. The summed E-state index contributed by atoms with van der Waals surface area (Å²) in [5.41, 5.74) is 5.58. The van der Waals surface area contributed by atoms with Gasteiger partial charge in [0.05, 0.1) is 23.4 Å². The molecular weight excluding hydrogens is 617 g/mol. The average molecular weight is 648 g/mol. The van der Waals surface area contributed by atoms with E-state index in [9.17, 15) is 41.4 Å². The molecule has 1 aliphatic rings. The number of carbonyl (C=O) groups is 3. The number of benzene rings is 2. The molecule has 1 aliphatic carbocycles. The molecule has 244 valence electrons. The quantitative estimate of drug-likeness (QED) is 0.189. The molecule has 4 N–H and O–H groups in total. The molecule has 5 rings (SSSR count). The highest BCUT2D eigenvalue weighted by Gasteiger charge is 2.32. The van der Waals surface area contributed by atoms with Crippen LogP contribution >= 0.6 is 0 Å². The third-order valence-corrected chi connectivity index (χ3v) is 7.09. The van der Waals surface area contributed by atoms with Gasteiger partial charge < -0.3 is 20.9 Å². The number of aromatic carboxylic acids is 1. The third kappa shape index (κ3) is 7.30. The average Bonchev–Trinajstić information content (AvgIpc) is 3.55. The Morgan fingerprint density at radius 2 is 1.78 bits per heavy atom. The van der Waals surface area contributed by atoms with Gasteiger partial charge in [0.25, 0.3) is 5.91 Å². The van der Waals surface area contributed by atoms with Gasteiger partial charge >= 0.3 is 18.1 Å². The van der Waals surface area contributed by atoms with Crippen LogP contribution in [-0.4, -0.2) is 43.2 Å². The Labute approximate surface area is 259 Å². The molecule has 0 fully saturated rings. The zero-order valence-corrected chi connectivity index (χ0v) is 25.1. The van der Waals surface area contributed by atoms with Crippen LogP contribution in [0.1, 0.15) is 92.4 Å². The Morgan fingerprint density at radius 1 is 1.09 bits per heavy atom. The molecule has 0 saturated heterocycles. The molecule has 15 heteroatoms. The number of halogens is 5. The molecule has 1 amide bonds. The number of fused-ring (bicyclic) bond motifs is 2. The summed E-state index contributed by atoms with van der Waals surface area (Å²) in [6.07, 6.45) is -2.34.